The molecule has 0 aromatic carbocycles. The minimum absolute atomic E-state index is 0.0718. The van der Waals surface area contributed by atoms with Gasteiger partial charge in [0.15, 0.2) is 0 Å². The summed E-state index contributed by atoms with van der Waals surface area (Å²) in [5, 5.41) is 0. The average Bonchev–Trinajstić information content (AvgIpc) is 2.81. The summed E-state index contributed by atoms with van der Waals surface area (Å²) in [7, 11) is 3.36. The molecule has 1 aromatic rings. The Labute approximate surface area is 102 Å². The van der Waals surface area contributed by atoms with E-state index in [9.17, 15) is 4.79 Å². The highest BCUT2D eigenvalue weighted by molar-refractivity contribution is 5.81. The summed E-state index contributed by atoms with van der Waals surface area (Å²) in [6.07, 6.45) is 3.01. The minimum atomic E-state index is -0.467. The molecule has 1 atom stereocenters. The maximum absolute atomic E-state index is 11.9. The fourth-order valence-electron chi connectivity index (χ4n) is 1.57. The molecule has 1 rings (SSSR count). The first-order valence-electron chi connectivity index (χ1n) is 5.67. The Balaban J connectivity index is 2.35. The van der Waals surface area contributed by atoms with Crippen molar-refractivity contribution in [2.45, 2.75) is 25.4 Å². The van der Waals surface area contributed by atoms with Crippen LogP contribution in [0, 0.1) is 0 Å². The van der Waals surface area contributed by atoms with Crippen molar-refractivity contribution in [1.29, 1.82) is 0 Å². The van der Waals surface area contributed by atoms with E-state index in [4.69, 9.17) is 14.9 Å². The van der Waals surface area contributed by atoms with Crippen molar-refractivity contribution in [2.75, 3.05) is 20.8 Å². The van der Waals surface area contributed by atoms with Crippen LogP contribution in [0.1, 0.15) is 18.6 Å². The standard InChI is InChI=1S/C12H20N2O3/c1-14(9-10-5-3-8-17-10)12(15)11(13)6-4-7-16-2/h3,5,8,11H,4,6-7,9,13H2,1-2H3. The van der Waals surface area contributed by atoms with Gasteiger partial charge >= 0.3 is 0 Å². The number of hydrogen-bond donors (Lipinski definition) is 1. The van der Waals surface area contributed by atoms with Gasteiger partial charge in [-0.05, 0) is 25.0 Å². The van der Waals surface area contributed by atoms with Crippen molar-refractivity contribution in [2.24, 2.45) is 5.73 Å². The number of furan rings is 1. The van der Waals surface area contributed by atoms with Crippen LogP contribution in [0.3, 0.4) is 0 Å². The number of rotatable bonds is 7. The van der Waals surface area contributed by atoms with Gasteiger partial charge < -0.3 is 19.8 Å². The van der Waals surface area contributed by atoms with E-state index in [2.05, 4.69) is 0 Å². The second-order valence-electron chi connectivity index (χ2n) is 4.02. The Morgan fingerprint density at radius 3 is 3.00 bits per heavy atom. The van der Waals surface area contributed by atoms with Crippen molar-refractivity contribution in [3.8, 4) is 0 Å². The van der Waals surface area contributed by atoms with Crippen LogP contribution in [0.15, 0.2) is 22.8 Å². The third kappa shape index (κ3) is 4.58. The van der Waals surface area contributed by atoms with Gasteiger partial charge in [0.1, 0.15) is 5.76 Å². The van der Waals surface area contributed by atoms with E-state index in [1.807, 2.05) is 6.07 Å². The summed E-state index contributed by atoms with van der Waals surface area (Å²) in [4.78, 5) is 13.5. The first-order chi connectivity index (χ1) is 8.15. The summed E-state index contributed by atoms with van der Waals surface area (Å²) in [5.41, 5.74) is 5.81. The Kier molecular flexibility index (Phi) is 5.72. The SMILES string of the molecule is COCCCC(N)C(=O)N(C)Cc1ccco1. The molecule has 1 amide bonds. The zero-order valence-corrected chi connectivity index (χ0v) is 10.4. The summed E-state index contributed by atoms with van der Waals surface area (Å²) in [6.45, 7) is 1.08. The molecule has 0 aliphatic carbocycles. The number of amides is 1. The van der Waals surface area contributed by atoms with Gasteiger partial charge in [0.2, 0.25) is 5.91 Å². The van der Waals surface area contributed by atoms with E-state index in [0.717, 1.165) is 12.2 Å². The summed E-state index contributed by atoms with van der Waals surface area (Å²) < 4.78 is 10.1. The lowest BCUT2D eigenvalue weighted by Gasteiger charge is -2.20. The third-order valence-electron chi connectivity index (χ3n) is 2.53. The zero-order chi connectivity index (χ0) is 12.7. The second kappa shape index (κ2) is 7.09. The monoisotopic (exact) mass is 240 g/mol. The molecular formula is C12H20N2O3. The summed E-state index contributed by atoms with van der Waals surface area (Å²) in [6, 6.07) is 3.16. The number of ether oxygens (including phenoxy) is 1. The molecule has 17 heavy (non-hydrogen) atoms. The van der Waals surface area contributed by atoms with Crippen LogP contribution >= 0.6 is 0 Å². The smallest absolute Gasteiger partial charge is 0.239 e. The van der Waals surface area contributed by atoms with Crippen molar-refractivity contribution < 1.29 is 13.9 Å². The molecule has 96 valence electrons. The fourth-order valence-corrected chi connectivity index (χ4v) is 1.57. The maximum Gasteiger partial charge on any atom is 0.239 e. The first kappa shape index (κ1) is 13.7. The fraction of sp³-hybridized carbons (Fsp3) is 0.583. The lowest BCUT2D eigenvalue weighted by molar-refractivity contribution is -0.132. The highest BCUT2D eigenvalue weighted by Gasteiger charge is 2.18. The molecule has 0 fully saturated rings. The summed E-state index contributed by atoms with van der Waals surface area (Å²) >= 11 is 0. The normalized spacial score (nSPS) is 12.4. The van der Waals surface area contributed by atoms with Gasteiger partial charge in [0, 0.05) is 20.8 Å². The predicted octanol–water partition coefficient (Wildman–Crippen LogP) is 0.992. The van der Waals surface area contributed by atoms with Crippen molar-refractivity contribution in [3.63, 3.8) is 0 Å². The number of likely N-dealkylation sites (N-methyl/N-ethyl adjacent to an activating group) is 1. The Morgan fingerprint density at radius 1 is 1.65 bits per heavy atom. The predicted molar refractivity (Wildman–Crippen MR) is 64.3 cm³/mol. The molecule has 5 nitrogen and oxygen atoms in total. The van der Waals surface area contributed by atoms with E-state index in [0.29, 0.717) is 19.6 Å². The van der Waals surface area contributed by atoms with Crippen LogP contribution in [0.4, 0.5) is 0 Å². The highest BCUT2D eigenvalue weighted by atomic mass is 16.5. The molecule has 5 heteroatoms. The lowest BCUT2D eigenvalue weighted by Crippen LogP contribution is -2.41. The molecule has 2 N–H and O–H groups in total. The molecule has 1 heterocycles. The second-order valence-corrected chi connectivity index (χ2v) is 4.02. The van der Waals surface area contributed by atoms with Crippen LogP contribution in [0.2, 0.25) is 0 Å². The number of carbonyl (C=O) groups excluding carboxylic acids is 1. The van der Waals surface area contributed by atoms with E-state index in [-0.39, 0.29) is 5.91 Å². The molecule has 0 saturated heterocycles. The number of nitrogens with two attached hydrogens (primary N) is 1. The van der Waals surface area contributed by atoms with Gasteiger partial charge in [-0.1, -0.05) is 0 Å². The van der Waals surface area contributed by atoms with E-state index in [1.165, 1.54) is 0 Å². The van der Waals surface area contributed by atoms with Crippen LogP contribution in [0.25, 0.3) is 0 Å². The molecular weight excluding hydrogens is 220 g/mol. The molecule has 0 spiro atoms. The van der Waals surface area contributed by atoms with Crippen molar-refractivity contribution in [1.82, 2.24) is 4.90 Å². The van der Waals surface area contributed by atoms with Crippen LogP contribution < -0.4 is 5.73 Å². The van der Waals surface area contributed by atoms with Gasteiger partial charge in [-0.3, -0.25) is 4.79 Å². The van der Waals surface area contributed by atoms with Crippen LogP contribution in [0.5, 0.6) is 0 Å². The largest absolute Gasteiger partial charge is 0.467 e. The average molecular weight is 240 g/mol. The van der Waals surface area contributed by atoms with Crippen LogP contribution in [-0.2, 0) is 16.1 Å². The van der Waals surface area contributed by atoms with Gasteiger partial charge in [-0.15, -0.1) is 0 Å². The molecule has 0 aliphatic rings. The quantitative estimate of drug-likeness (QED) is 0.722. The number of methoxy groups -OCH3 is 1. The zero-order valence-electron chi connectivity index (χ0n) is 10.4. The van der Waals surface area contributed by atoms with E-state index < -0.39 is 6.04 Å². The van der Waals surface area contributed by atoms with Crippen LogP contribution in [-0.4, -0.2) is 37.6 Å². The highest BCUT2D eigenvalue weighted by Crippen LogP contribution is 2.06. The number of carbonyl (C=O) groups is 1. The summed E-state index contributed by atoms with van der Waals surface area (Å²) in [5.74, 6) is 0.683. The molecule has 1 unspecified atom stereocenters. The Bertz CT molecular complexity index is 325. The Morgan fingerprint density at radius 2 is 2.41 bits per heavy atom. The lowest BCUT2D eigenvalue weighted by atomic mass is 10.1. The van der Waals surface area contributed by atoms with E-state index in [1.54, 1.807) is 31.4 Å². The van der Waals surface area contributed by atoms with Crippen molar-refractivity contribution in [3.05, 3.63) is 24.2 Å². The number of hydrogen-bond acceptors (Lipinski definition) is 4. The molecule has 0 radical (unpaired) electrons. The van der Waals surface area contributed by atoms with E-state index >= 15 is 0 Å². The number of nitrogens with zero attached hydrogens (tertiary/aromatic N) is 1. The molecule has 0 saturated carbocycles. The topological polar surface area (TPSA) is 68.7 Å². The van der Waals surface area contributed by atoms with Gasteiger partial charge in [0.25, 0.3) is 0 Å². The van der Waals surface area contributed by atoms with Gasteiger partial charge in [-0.25, -0.2) is 0 Å². The molecule has 0 aliphatic heterocycles. The molecule has 1 aromatic heterocycles. The Hall–Kier alpha value is -1.33. The third-order valence-corrected chi connectivity index (χ3v) is 2.53. The van der Waals surface area contributed by atoms with Gasteiger partial charge in [-0.2, -0.15) is 0 Å². The van der Waals surface area contributed by atoms with Crippen molar-refractivity contribution >= 4 is 5.91 Å². The van der Waals surface area contributed by atoms with Gasteiger partial charge in [0.05, 0.1) is 18.8 Å². The first-order valence-corrected chi connectivity index (χ1v) is 5.67. The maximum atomic E-state index is 11.9. The molecule has 0 bridgehead atoms. The minimum Gasteiger partial charge on any atom is -0.467 e.